The highest BCUT2D eigenvalue weighted by Gasteiger charge is 2.27. The topological polar surface area (TPSA) is 436 Å². The Hall–Kier alpha value is -8.46. The second kappa shape index (κ2) is 65.1. The highest BCUT2D eigenvalue weighted by atomic mass is 35.5. The molecule has 0 bridgehead atoms. The maximum absolute atomic E-state index is 12.0. The quantitative estimate of drug-likeness (QED) is 0.00356. The van der Waals surface area contributed by atoms with Crippen LogP contribution in [0, 0.1) is 24.7 Å². The van der Waals surface area contributed by atoms with Crippen molar-refractivity contribution in [2.75, 3.05) is 89.0 Å². The first-order chi connectivity index (χ1) is 59.1. The predicted molar refractivity (Wildman–Crippen MR) is 501 cm³/mol. The molecule has 0 amide bonds. The Bertz CT molecular complexity index is 4730. The molecular formula is C87H122Cl8N10O21S. The molecule has 4 heterocycles. The van der Waals surface area contributed by atoms with Crippen LogP contribution >= 0.6 is 92.8 Å². The van der Waals surface area contributed by atoms with Gasteiger partial charge in [0.05, 0.1) is 102 Å². The number of nitrogens with two attached hydrogens (primary N) is 1. The Morgan fingerprint density at radius 1 is 0.575 bits per heavy atom. The van der Waals surface area contributed by atoms with Gasteiger partial charge in [0, 0.05) is 84.4 Å². The third-order valence-corrected chi connectivity index (χ3v) is 19.5. The first-order valence-electron chi connectivity index (χ1n) is 38.9. The summed E-state index contributed by atoms with van der Waals surface area (Å²) in [5.74, 6) is 1.07. The van der Waals surface area contributed by atoms with Gasteiger partial charge in [-0.15, -0.1) is 0 Å². The van der Waals surface area contributed by atoms with Crippen molar-refractivity contribution in [3.63, 3.8) is 0 Å². The number of aliphatic hydroxyl groups is 2. The van der Waals surface area contributed by atoms with Crippen LogP contribution in [0.3, 0.4) is 0 Å². The molecule has 1 saturated heterocycles. The van der Waals surface area contributed by atoms with Crippen LogP contribution in [0.5, 0.6) is 0 Å². The lowest BCUT2D eigenvalue weighted by Gasteiger charge is -2.19. The third-order valence-electron chi connectivity index (χ3n) is 16.1. The molecule has 9 rings (SSSR count). The zero-order valence-electron chi connectivity index (χ0n) is 75.7. The van der Waals surface area contributed by atoms with E-state index in [1.165, 1.54) is 48.6 Å². The van der Waals surface area contributed by atoms with Gasteiger partial charge in [-0.3, -0.25) is 34.5 Å². The van der Waals surface area contributed by atoms with E-state index >= 15 is 0 Å². The Balaban J connectivity index is -0.00000137. The number of rotatable bonds is 25. The molecule has 40 heteroatoms. The van der Waals surface area contributed by atoms with Crippen molar-refractivity contribution in [3.05, 3.63) is 207 Å². The van der Waals surface area contributed by atoms with Gasteiger partial charge in [-0.2, -0.15) is 23.7 Å². The van der Waals surface area contributed by atoms with Crippen LogP contribution in [0.4, 0.5) is 5.69 Å². The minimum atomic E-state index is -4.02. The summed E-state index contributed by atoms with van der Waals surface area (Å²) in [4.78, 5) is 91.1. The number of carboxylic acids is 1. The van der Waals surface area contributed by atoms with Gasteiger partial charge in [0.25, 0.3) is 15.9 Å². The number of para-hydroxylation sites is 4. The molecule has 0 spiro atoms. The first-order valence-corrected chi connectivity index (χ1v) is 43.4. The molecule has 1 aliphatic heterocycles. The largest absolute Gasteiger partial charge is 0.476 e. The standard InChI is InChI=1S/C14H14Cl2N2O2.C13H14Cl2N2O.C13H12Cl2N2O.C11H19NO3.C7H8O3S.C7H12O3.C6H6Cl2N2.C6H10O3.C5H13NO2.C4H8O.CH4O.H2O/c1-8(2)9-7-17-18(12(9)14(19)20-3)13-10(15)5-4-6-11(13)16;2*1-8(2)9-6-16-17(12(9)7-18)13-10(14)4-3-5-11(13)15;1-6-15-11(14)10(13)9(8(2)3)7-12(4)5;1-6-2-4-7(5-3-6)11(8,9)10;1-5(2)4-6(8)7(9)10-3;7-4-2-1-3-5(8)6(4)10-9;1-4(2)3-5(7)6(8)9;1-6(2)5(7-3)8-4;1-2-4-5-3-1;1-2;/h4-8H,1-3H3;3-6,8,18H,7H2,1-2H3;3-8H,1-2H3;7-8H,6H2,1-5H3;2-5H,1H3,(H,8,9,10);5H,4H2,1-3H3;1-3,10H,9H2;4H,3H2,1-2H3,(H,8,9);5H,1-4H3;1-4H2;2H,1H3;1H2/b;;;9-7+;;;;;;;;. The van der Waals surface area contributed by atoms with Crippen molar-refractivity contribution in [2.24, 2.45) is 23.6 Å². The van der Waals surface area contributed by atoms with Gasteiger partial charge in [-0.05, 0) is 143 Å². The first kappa shape index (κ1) is 123. The molecule has 127 heavy (non-hydrogen) atoms. The molecule has 3 aromatic heterocycles. The predicted octanol–water partition coefficient (Wildman–Crippen LogP) is 17.9. The Morgan fingerprint density at radius 3 is 1.26 bits per heavy atom. The fraction of sp³-hybridized carbons (Fsp3) is 0.437. The van der Waals surface area contributed by atoms with E-state index in [0.717, 1.165) is 54.6 Å². The molecule has 708 valence electrons. The summed E-state index contributed by atoms with van der Waals surface area (Å²) in [6, 6.07) is 26.8. The highest BCUT2D eigenvalue weighted by molar-refractivity contribution is 7.85. The number of aliphatic hydroxyl groups excluding tert-OH is 2. The second-order valence-corrected chi connectivity index (χ2v) is 33.5. The number of esters is 3. The molecule has 0 unspecified atom stereocenters. The fourth-order valence-corrected chi connectivity index (χ4v) is 12.8. The Labute approximate surface area is 785 Å². The van der Waals surface area contributed by atoms with Gasteiger partial charge in [0.1, 0.15) is 22.8 Å². The number of nitrogens with one attached hydrogen (secondary N) is 1. The number of aromatic nitrogens is 6. The van der Waals surface area contributed by atoms with E-state index in [4.69, 9.17) is 132 Å². The van der Waals surface area contributed by atoms with Crippen molar-refractivity contribution in [3.8, 4) is 17.1 Å². The normalized spacial score (nSPS) is 11.1. The third kappa shape index (κ3) is 44.1. The lowest BCUT2D eigenvalue weighted by atomic mass is 10.00. The zero-order valence-corrected chi connectivity index (χ0v) is 82.6. The van der Waals surface area contributed by atoms with Crippen LogP contribution in [0.15, 0.2) is 132 Å². The summed E-state index contributed by atoms with van der Waals surface area (Å²) >= 11 is 48.3. The summed E-state index contributed by atoms with van der Waals surface area (Å²) in [6.07, 6.45) is 10.2. The van der Waals surface area contributed by atoms with Crippen LogP contribution < -0.4 is 11.3 Å². The van der Waals surface area contributed by atoms with Crippen LogP contribution in [0.2, 0.25) is 40.2 Å². The number of ketones is 3. The summed E-state index contributed by atoms with van der Waals surface area (Å²) < 4.78 is 62.5. The van der Waals surface area contributed by atoms with Crippen molar-refractivity contribution >= 4 is 156 Å². The molecule has 1 fully saturated rings. The molecule has 31 nitrogen and oxygen atoms in total. The summed E-state index contributed by atoms with van der Waals surface area (Å²) in [5.41, 5.74) is 10.2. The van der Waals surface area contributed by atoms with Crippen molar-refractivity contribution in [1.29, 1.82) is 0 Å². The molecule has 5 aromatic carbocycles. The van der Waals surface area contributed by atoms with Crippen LogP contribution in [-0.4, -0.2) is 210 Å². The lowest BCUT2D eigenvalue weighted by Crippen LogP contribution is -2.30. The summed E-state index contributed by atoms with van der Waals surface area (Å²) in [6.45, 7) is 28.8. The van der Waals surface area contributed by atoms with E-state index in [2.05, 4.69) is 44.0 Å². The van der Waals surface area contributed by atoms with Gasteiger partial charge in [-0.1, -0.05) is 218 Å². The Morgan fingerprint density at radius 2 is 0.961 bits per heavy atom. The van der Waals surface area contributed by atoms with E-state index in [1.807, 2.05) is 81.3 Å². The number of carbonyl (C=O) groups excluding carboxylic acids is 7. The average Bonchev–Trinajstić information content (AvgIpc) is 1.65. The number of hydrogen-bond donors (Lipinski definition) is 6. The minimum absolute atomic E-state index is 0. The zero-order chi connectivity index (χ0) is 97.2. The molecule has 9 N–H and O–H groups in total. The molecule has 1 aliphatic rings. The van der Waals surface area contributed by atoms with Crippen LogP contribution in [0.25, 0.3) is 17.1 Å². The van der Waals surface area contributed by atoms with Crippen molar-refractivity contribution in [1.82, 2.24) is 39.1 Å². The Kier molecular flexibility index (Phi) is 62.9. The maximum atomic E-state index is 12.0. The molecule has 8 aromatic rings. The molecular weight excluding hydrogens is 1840 g/mol. The number of carbonyl (C=O) groups is 8. The molecule has 0 saturated carbocycles. The van der Waals surface area contributed by atoms with Gasteiger partial charge in [-0.25, -0.2) is 33.2 Å². The van der Waals surface area contributed by atoms with Crippen molar-refractivity contribution in [2.45, 2.75) is 158 Å². The number of hydrazine groups is 1. The highest BCUT2D eigenvalue weighted by Crippen LogP contribution is 2.35. The number of aliphatic carboxylic acids is 1. The molecule has 0 radical (unpaired) electrons. The number of aryl methyl sites for hydroxylation is 1. The number of nitrogens with zero attached hydrogens (tertiary/aromatic N) is 8. The monoisotopic (exact) mass is 1950 g/mol. The van der Waals surface area contributed by atoms with E-state index in [1.54, 1.807) is 168 Å². The van der Waals surface area contributed by atoms with Crippen molar-refractivity contribution < 1.29 is 101 Å². The van der Waals surface area contributed by atoms with Gasteiger partial charge < -0.3 is 59.5 Å². The summed E-state index contributed by atoms with van der Waals surface area (Å²) in [5, 5.41) is 41.2. The van der Waals surface area contributed by atoms with Crippen LogP contribution in [0.1, 0.15) is 182 Å². The number of anilines is 1. The maximum Gasteiger partial charge on any atom is 0.379 e. The smallest absolute Gasteiger partial charge is 0.379 e. The number of aldehydes is 1. The van der Waals surface area contributed by atoms with E-state index in [-0.39, 0.29) is 78.3 Å². The van der Waals surface area contributed by atoms with Gasteiger partial charge >= 0.3 is 23.9 Å². The lowest BCUT2D eigenvalue weighted by molar-refractivity contribution is -0.179. The number of halogens is 8. The van der Waals surface area contributed by atoms with E-state index in [0.29, 0.717) is 79.9 Å². The number of methoxy groups -OCH3 is 4. The summed E-state index contributed by atoms with van der Waals surface area (Å²) in [7, 11) is 10.1. The number of carboxylic acid groups (broad SMARTS) is 1. The average molecular weight is 1960 g/mol. The second-order valence-electron chi connectivity index (χ2n) is 28.8. The van der Waals surface area contributed by atoms with Gasteiger partial charge in [0.15, 0.2) is 12.0 Å². The number of ether oxygens (including phenoxy) is 6. The molecule has 0 aliphatic carbocycles. The number of Topliss-reactive ketones (excluding diaryl/α,β-unsaturated/α-hetero) is 3. The minimum Gasteiger partial charge on any atom is -0.476 e. The number of nitrogen functional groups attached to an aromatic ring is 1. The number of benzene rings is 5. The van der Waals surface area contributed by atoms with Crippen LogP contribution in [-0.2, 0) is 73.9 Å². The van der Waals surface area contributed by atoms with E-state index < -0.39 is 51.3 Å². The fourth-order valence-electron chi connectivity index (χ4n) is 10.1. The van der Waals surface area contributed by atoms with E-state index in [9.17, 15) is 51.9 Å². The number of hydrogen-bond acceptors (Lipinski definition) is 25. The molecule has 0 atom stereocenters. The van der Waals surface area contributed by atoms with Gasteiger partial charge in [0.2, 0.25) is 18.0 Å². The SMILES string of the molecule is C1CCOC1.CC(C)CC(=O)C(=O)O.CC(C)c1cnn(-c2c(Cl)cccc2Cl)c1C=O.CC(C)c1cnn(-c2c(Cl)cccc2Cl)c1CO.CCOC(=O)C(=O)/C(=C/N(C)C)C(C)C.CO.COC(=O)C(=O)CC(C)C.COC(=O)c1c(C(C)C)cnn1-c1c(Cl)cccc1Cl.COC(OC)N(C)C.Cc1ccc(S(=O)(=O)O)cc1.NNc1c(Cl)cccc1Cl.O.